The molecule has 0 atom stereocenters. The zero-order chi connectivity index (χ0) is 13.3. The van der Waals surface area contributed by atoms with Crippen molar-refractivity contribution in [3.05, 3.63) is 29.3 Å². The molecule has 1 aromatic rings. The van der Waals surface area contributed by atoms with Crippen molar-refractivity contribution < 1.29 is 0 Å². The van der Waals surface area contributed by atoms with Gasteiger partial charge in [0.05, 0.1) is 5.69 Å². The first-order valence-electron chi connectivity index (χ1n) is 6.71. The van der Waals surface area contributed by atoms with E-state index in [1.165, 1.54) is 24.1 Å². The minimum atomic E-state index is 0.170. The molecule has 3 N–H and O–H groups in total. The number of aryl methyl sites for hydroxylation is 1. The molecule has 0 aromatic heterocycles. The maximum atomic E-state index is 7.76. The Labute approximate surface area is 109 Å². The van der Waals surface area contributed by atoms with Crippen LogP contribution in [0.3, 0.4) is 0 Å². The highest BCUT2D eigenvalue weighted by Gasteiger charge is 2.31. The van der Waals surface area contributed by atoms with Crippen LogP contribution < -0.4 is 10.6 Å². The number of hydrogen-bond donors (Lipinski definition) is 2. The van der Waals surface area contributed by atoms with Crippen LogP contribution in [0.25, 0.3) is 0 Å². The van der Waals surface area contributed by atoms with Crippen molar-refractivity contribution in [2.45, 2.75) is 39.7 Å². The van der Waals surface area contributed by atoms with Gasteiger partial charge in [-0.15, -0.1) is 0 Å². The monoisotopic (exact) mass is 245 g/mol. The second kappa shape index (κ2) is 5.01. The summed E-state index contributed by atoms with van der Waals surface area (Å²) in [4.78, 5) is 2.46. The van der Waals surface area contributed by atoms with Gasteiger partial charge in [-0.25, -0.2) is 0 Å². The van der Waals surface area contributed by atoms with Gasteiger partial charge in [-0.05, 0) is 37.3 Å². The maximum absolute atomic E-state index is 7.76. The molecule has 0 saturated heterocycles. The van der Waals surface area contributed by atoms with Gasteiger partial charge in [-0.2, -0.15) is 0 Å². The Bertz CT molecular complexity index is 447. The number of rotatable bonds is 5. The molecule has 0 amide bonds. The summed E-state index contributed by atoms with van der Waals surface area (Å²) in [5, 5.41) is 7.76. The third kappa shape index (κ3) is 2.66. The van der Waals surface area contributed by atoms with Gasteiger partial charge in [0, 0.05) is 18.2 Å². The summed E-state index contributed by atoms with van der Waals surface area (Å²) in [7, 11) is 0. The first-order valence-corrected chi connectivity index (χ1v) is 6.71. The van der Waals surface area contributed by atoms with Crippen molar-refractivity contribution in [2.24, 2.45) is 11.7 Å². The number of para-hydroxylation sites is 1. The summed E-state index contributed by atoms with van der Waals surface area (Å²) in [6.07, 6.45) is 2.52. The molecule has 1 aliphatic rings. The smallest absolute Gasteiger partial charge is 0.124 e. The molecule has 0 spiro atoms. The van der Waals surface area contributed by atoms with Gasteiger partial charge < -0.3 is 10.6 Å². The Balaban J connectivity index is 2.42. The molecule has 3 nitrogen and oxygen atoms in total. The van der Waals surface area contributed by atoms with Gasteiger partial charge in [-0.1, -0.05) is 26.0 Å². The van der Waals surface area contributed by atoms with Crippen molar-refractivity contribution in [3.8, 4) is 0 Å². The molecule has 1 saturated carbocycles. The van der Waals surface area contributed by atoms with Crippen molar-refractivity contribution in [3.63, 3.8) is 0 Å². The summed E-state index contributed by atoms with van der Waals surface area (Å²) in [5.41, 5.74) is 8.99. The first kappa shape index (κ1) is 12.9. The Morgan fingerprint density at radius 2 is 2.11 bits per heavy atom. The molecule has 0 unspecified atom stereocenters. The lowest BCUT2D eigenvalue weighted by molar-refractivity contribution is 0.606. The third-order valence-corrected chi connectivity index (χ3v) is 3.36. The van der Waals surface area contributed by atoms with Crippen LogP contribution in [0.4, 0.5) is 5.69 Å². The van der Waals surface area contributed by atoms with Crippen molar-refractivity contribution in [2.75, 3.05) is 11.4 Å². The van der Waals surface area contributed by atoms with Crippen LogP contribution >= 0.6 is 0 Å². The Morgan fingerprint density at radius 3 is 2.61 bits per heavy atom. The largest absolute Gasteiger partial charge is 0.384 e. The topological polar surface area (TPSA) is 53.1 Å². The van der Waals surface area contributed by atoms with Gasteiger partial charge >= 0.3 is 0 Å². The number of nitrogens with two attached hydrogens (primary N) is 1. The predicted octanol–water partition coefficient (Wildman–Crippen LogP) is 2.90. The summed E-state index contributed by atoms with van der Waals surface area (Å²) in [6.45, 7) is 7.62. The molecule has 1 fully saturated rings. The lowest BCUT2D eigenvalue weighted by Gasteiger charge is -2.30. The second-order valence-corrected chi connectivity index (χ2v) is 5.66. The fourth-order valence-corrected chi connectivity index (χ4v) is 2.46. The minimum Gasteiger partial charge on any atom is -0.384 e. The van der Waals surface area contributed by atoms with Gasteiger partial charge in [0.15, 0.2) is 0 Å². The quantitative estimate of drug-likeness (QED) is 0.619. The van der Waals surface area contributed by atoms with Crippen LogP contribution in [0.5, 0.6) is 0 Å². The predicted molar refractivity (Wildman–Crippen MR) is 77.4 cm³/mol. The van der Waals surface area contributed by atoms with Gasteiger partial charge in [0.2, 0.25) is 0 Å². The third-order valence-electron chi connectivity index (χ3n) is 3.36. The van der Waals surface area contributed by atoms with Crippen LogP contribution in [-0.4, -0.2) is 18.4 Å². The van der Waals surface area contributed by atoms with E-state index in [1.807, 2.05) is 12.1 Å². The summed E-state index contributed by atoms with van der Waals surface area (Å²) < 4.78 is 0. The first-order chi connectivity index (χ1) is 8.50. The van der Waals surface area contributed by atoms with Gasteiger partial charge in [-0.3, -0.25) is 5.41 Å². The number of nitrogen functional groups attached to an aromatic ring is 1. The molecule has 0 bridgehead atoms. The molecule has 3 heteroatoms. The number of anilines is 1. The molecule has 0 aliphatic heterocycles. The summed E-state index contributed by atoms with van der Waals surface area (Å²) in [5.74, 6) is 0.785. The standard InChI is InChI=1S/C15H23N3/c1-10(2)9-18(12-7-8-12)14-11(3)5-4-6-13(14)15(16)17/h4-6,10,12H,7-9H2,1-3H3,(H3,16,17). The van der Waals surface area contributed by atoms with Crippen molar-refractivity contribution in [1.29, 1.82) is 5.41 Å². The molecule has 2 rings (SSSR count). The van der Waals surface area contributed by atoms with E-state index in [1.54, 1.807) is 0 Å². The van der Waals surface area contributed by atoms with E-state index in [-0.39, 0.29) is 5.84 Å². The SMILES string of the molecule is Cc1cccc(C(=N)N)c1N(CC(C)C)C1CC1. The fourth-order valence-electron chi connectivity index (χ4n) is 2.46. The van der Waals surface area contributed by atoms with Crippen LogP contribution in [0, 0.1) is 18.3 Å². The molecular weight excluding hydrogens is 222 g/mol. The Kier molecular flexibility index (Phi) is 3.60. The Morgan fingerprint density at radius 1 is 1.44 bits per heavy atom. The minimum absolute atomic E-state index is 0.170. The second-order valence-electron chi connectivity index (χ2n) is 5.66. The summed E-state index contributed by atoms with van der Waals surface area (Å²) in [6, 6.07) is 6.69. The van der Waals surface area contributed by atoms with E-state index in [2.05, 4.69) is 31.7 Å². The van der Waals surface area contributed by atoms with E-state index < -0.39 is 0 Å². The lowest BCUT2D eigenvalue weighted by Crippen LogP contribution is -2.32. The molecule has 1 aromatic carbocycles. The molecule has 1 aliphatic carbocycles. The van der Waals surface area contributed by atoms with Gasteiger partial charge in [0.25, 0.3) is 0 Å². The highest BCUT2D eigenvalue weighted by molar-refractivity contribution is 6.01. The Hall–Kier alpha value is -1.51. The highest BCUT2D eigenvalue weighted by atomic mass is 15.2. The van der Waals surface area contributed by atoms with E-state index >= 15 is 0 Å². The zero-order valence-electron chi connectivity index (χ0n) is 11.5. The summed E-state index contributed by atoms with van der Waals surface area (Å²) >= 11 is 0. The van der Waals surface area contributed by atoms with Crippen molar-refractivity contribution >= 4 is 11.5 Å². The molecule has 0 heterocycles. The maximum Gasteiger partial charge on any atom is 0.124 e. The average Bonchev–Trinajstić information content (AvgIpc) is 3.09. The molecule has 0 radical (unpaired) electrons. The number of amidine groups is 1. The molecular formula is C15H23N3. The van der Waals surface area contributed by atoms with Crippen LogP contribution in [0.15, 0.2) is 18.2 Å². The van der Waals surface area contributed by atoms with E-state index in [9.17, 15) is 0 Å². The normalized spacial score (nSPS) is 14.9. The van der Waals surface area contributed by atoms with Crippen LogP contribution in [0.1, 0.15) is 37.8 Å². The number of benzene rings is 1. The van der Waals surface area contributed by atoms with Gasteiger partial charge in [0.1, 0.15) is 5.84 Å². The lowest BCUT2D eigenvalue weighted by atomic mass is 10.0. The van der Waals surface area contributed by atoms with E-state index in [4.69, 9.17) is 11.1 Å². The number of nitrogens with one attached hydrogen (secondary N) is 1. The fraction of sp³-hybridized carbons (Fsp3) is 0.533. The van der Waals surface area contributed by atoms with Crippen molar-refractivity contribution in [1.82, 2.24) is 0 Å². The van der Waals surface area contributed by atoms with Crippen LogP contribution in [-0.2, 0) is 0 Å². The van der Waals surface area contributed by atoms with E-state index in [0.29, 0.717) is 12.0 Å². The highest BCUT2D eigenvalue weighted by Crippen LogP contribution is 2.36. The number of nitrogens with zero attached hydrogens (tertiary/aromatic N) is 1. The average molecular weight is 245 g/mol. The molecule has 18 heavy (non-hydrogen) atoms. The van der Waals surface area contributed by atoms with E-state index in [0.717, 1.165) is 12.1 Å². The zero-order valence-corrected chi connectivity index (χ0v) is 11.5. The molecule has 98 valence electrons. The number of hydrogen-bond acceptors (Lipinski definition) is 2. The van der Waals surface area contributed by atoms with Crippen LogP contribution in [0.2, 0.25) is 0 Å².